The number of carbonyl (C=O) groups excluding carboxylic acids is 1. The first-order valence-electron chi connectivity index (χ1n) is 7.04. The van der Waals surface area contributed by atoms with Gasteiger partial charge >= 0.3 is 0 Å². The van der Waals surface area contributed by atoms with Crippen molar-refractivity contribution >= 4 is 23.1 Å². The van der Waals surface area contributed by atoms with Crippen molar-refractivity contribution in [3.63, 3.8) is 0 Å². The molecule has 0 spiro atoms. The van der Waals surface area contributed by atoms with Gasteiger partial charge in [-0.05, 0) is 12.1 Å². The van der Waals surface area contributed by atoms with Gasteiger partial charge in [-0.3, -0.25) is 9.79 Å². The van der Waals surface area contributed by atoms with Gasteiger partial charge in [0.25, 0.3) is 5.91 Å². The number of ether oxygens (including phenoxy) is 1. The molecule has 23 heavy (non-hydrogen) atoms. The number of hydrogen-bond acceptors (Lipinski definition) is 6. The van der Waals surface area contributed by atoms with E-state index in [0.717, 1.165) is 12.1 Å². The Morgan fingerprint density at radius 3 is 3.04 bits per heavy atom. The van der Waals surface area contributed by atoms with Crippen LogP contribution in [-0.2, 0) is 10.4 Å². The van der Waals surface area contributed by atoms with Crippen molar-refractivity contribution in [2.75, 3.05) is 18.5 Å². The Morgan fingerprint density at radius 2 is 2.35 bits per heavy atom. The van der Waals surface area contributed by atoms with Gasteiger partial charge in [0.15, 0.2) is 5.82 Å². The molecule has 3 N–H and O–H groups in total. The Hall–Kier alpha value is -2.81. The van der Waals surface area contributed by atoms with Crippen molar-refractivity contribution in [3.05, 3.63) is 36.0 Å². The molecule has 2 aliphatic rings. The maximum Gasteiger partial charge on any atom is 0.254 e. The van der Waals surface area contributed by atoms with Crippen molar-refractivity contribution < 1.29 is 13.9 Å². The fourth-order valence-corrected chi connectivity index (χ4v) is 2.62. The van der Waals surface area contributed by atoms with Gasteiger partial charge in [0.1, 0.15) is 5.56 Å². The van der Waals surface area contributed by atoms with Crippen LogP contribution in [0.5, 0.6) is 0 Å². The van der Waals surface area contributed by atoms with E-state index in [-0.39, 0.29) is 11.4 Å². The summed E-state index contributed by atoms with van der Waals surface area (Å²) in [6, 6.07) is 2.70. The van der Waals surface area contributed by atoms with E-state index in [2.05, 4.69) is 20.4 Å². The van der Waals surface area contributed by atoms with Crippen LogP contribution in [0.4, 0.5) is 15.9 Å². The summed E-state index contributed by atoms with van der Waals surface area (Å²) in [5.74, 6) is -0.943. The molecule has 9 heteroatoms. The van der Waals surface area contributed by atoms with E-state index in [0.29, 0.717) is 18.9 Å². The van der Waals surface area contributed by atoms with Gasteiger partial charge in [-0.1, -0.05) is 0 Å². The van der Waals surface area contributed by atoms with Gasteiger partial charge in [-0.2, -0.15) is 9.49 Å². The average Bonchev–Trinajstić information content (AvgIpc) is 3.14. The zero-order valence-electron chi connectivity index (χ0n) is 12.0. The fraction of sp³-hybridized carbons (Fsp3) is 0.286. The normalized spacial score (nSPS) is 22.2. The SMILES string of the molecule is NC(=O)c1cn([C@@]23COCCC2=N3)nc1Nc1ccc(F)nc1. The van der Waals surface area contributed by atoms with Crippen LogP contribution in [0, 0.1) is 5.95 Å². The third kappa shape index (κ3) is 2.25. The smallest absolute Gasteiger partial charge is 0.254 e. The van der Waals surface area contributed by atoms with Crippen LogP contribution in [0.2, 0.25) is 0 Å². The lowest BCUT2D eigenvalue weighted by atomic mass is 10.1. The number of amides is 1. The van der Waals surface area contributed by atoms with E-state index in [1.165, 1.54) is 18.3 Å². The number of nitrogens with zero attached hydrogens (tertiary/aromatic N) is 4. The zero-order chi connectivity index (χ0) is 16.0. The monoisotopic (exact) mass is 316 g/mol. The number of primary amides is 1. The van der Waals surface area contributed by atoms with Crippen molar-refractivity contribution in [1.82, 2.24) is 14.8 Å². The molecule has 4 heterocycles. The minimum absolute atomic E-state index is 0.218. The van der Waals surface area contributed by atoms with Gasteiger partial charge in [0, 0.05) is 12.6 Å². The highest BCUT2D eigenvalue weighted by Gasteiger charge is 2.52. The summed E-state index contributed by atoms with van der Waals surface area (Å²) < 4.78 is 19.9. The first-order valence-corrected chi connectivity index (χ1v) is 7.04. The topological polar surface area (TPSA) is 107 Å². The number of hydrogen-bond donors (Lipinski definition) is 2. The minimum atomic E-state index is -0.622. The second kappa shape index (κ2) is 4.85. The molecule has 0 aromatic carbocycles. The van der Waals surface area contributed by atoms with Crippen molar-refractivity contribution in [1.29, 1.82) is 0 Å². The summed E-state index contributed by atoms with van der Waals surface area (Å²) in [6.45, 7) is 1.02. The Kier molecular flexibility index (Phi) is 2.91. The van der Waals surface area contributed by atoms with Crippen LogP contribution in [0.1, 0.15) is 16.8 Å². The van der Waals surface area contributed by atoms with Crippen molar-refractivity contribution in [3.8, 4) is 0 Å². The van der Waals surface area contributed by atoms with Crippen LogP contribution in [0.3, 0.4) is 0 Å². The molecule has 0 aliphatic carbocycles. The summed E-state index contributed by atoms with van der Waals surface area (Å²) in [4.78, 5) is 19.6. The molecule has 8 nitrogen and oxygen atoms in total. The van der Waals surface area contributed by atoms with E-state index >= 15 is 0 Å². The number of halogens is 1. The number of rotatable bonds is 4. The van der Waals surface area contributed by atoms with Crippen LogP contribution in [0.25, 0.3) is 0 Å². The molecular formula is C14H13FN6O2. The Labute approximate surface area is 130 Å². The minimum Gasteiger partial charge on any atom is -0.376 e. The van der Waals surface area contributed by atoms with Crippen molar-refractivity contribution in [2.45, 2.75) is 12.1 Å². The molecule has 2 aliphatic heterocycles. The molecule has 2 aromatic heterocycles. The maximum atomic E-state index is 12.9. The molecule has 0 saturated carbocycles. The molecule has 1 atom stereocenters. The largest absolute Gasteiger partial charge is 0.376 e. The van der Waals surface area contributed by atoms with Gasteiger partial charge < -0.3 is 15.8 Å². The van der Waals surface area contributed by atoms with E-state index < -0.39 is 17.5 Å². The highest BCUT2D eigenvalue weighted by molar-refractivity contribution is 6.04. The summed E-state index contributed by atoms with van der Waals surface area (Å²) in [5.41, 5.74) is 6.50. The lowest BCUT2D eigenvalue weighted by molar-refractivity contribution is 0.0845. The fourth-order valence-electron chi connectivity index (χ4n) is 2.62. The molecule has 4 rings (SSSR count). The van der Waals surface area contributed by atoms with E-state index in [9.17, 15) is 9.18 Å². The second-order valence-corrected chi connectivity index (χ2v) is 5.37. The molecule has 118 valence electrons. The first kappa shape index (κ1) is 13.8. The highest BCUT2D eigenvalue weighted by atomic mass is 19.1. The average molecular weight is 316 g/mol. The molecular weight excluding hydrogens is 303 g/mol. The number of nitrogens with two attached hydrogens (primary N) is 1. The van der Waals surface area contributed by atoms with Crippen LogP contribution < -0.4 is 11.1 Å². The predicted molar refractivity (Wildman–Crippen MR) is 79.1 cm³/mol. The standard InChI is InChI=1S/C14H13FN6O2/c15-11-2-1-8(5-17-11)18-13-9(12(16)22)6-21(20-13)14-7-23-4-3-10(14)19-14/h1-2,5-6H,3-4,7H2,(H2,16,22)(H,18,20)/t14-/m0/s1. The quantitative estimate of drug-likeness (QED) is 0.811. The maximum absolute atomic E-state index is 12.9. The molecule has 1 amide bonds. The third-order valence-corrected chi connectivity index (χ3v) is 3.87. The van der Waals surface area contributed by atoms with Gasteiger partial charge in [-0.15, -0.1) is 0 Å². The summed E-state index contributed by atoms with van der Waals surface area (Å²) in [5, 5.41) is 7.30. The molecule has 1 saturated heterocycles. The van der Waals surface area contributed by atoms with Crippen LogP contribution in [-0.4, -0.2) is 39.6 Å². The first-order chi connectivity index (χ1) is 11.1. The van der Waals surface area contributed by atoms with Crippen molar-refractivity contribution in [2.24, 2.45) is 10.7 Å². The van der Waals surface area contributed by atoms with Gasteiger partial charge in [-0.25, -0.2) is 9.67 Å². The Bertz CT molecular complexity index is 815. The number of carbonyl (C=O) groups is 1. The predicted octanol–water partition coefficient (Wildman–Crippen LogP) is 0.787. The number of anilines is 2. The Morgan fingerprint density at radius 1 is 1.48 bits per heavy atom. The molecule has 0 unspecified atom stereocenters. The van der Waals surface area contributed by atoms with Gasteiger partial charge in [0.05, 0.1) is 30.8 Å². The molecule has 1 fully saturated rings. The lowest BCUT2D eigenvalue weighted by Gasteiger charge is -2.20. The zero-order valence-corrected chi connectivity index (χ0v) is 12.0. The van der Waals surface area contributed by atoms with E-state index in [4.69, 9.17) is 10.5 Å². The second-order valence-electron chi connectivity index (χ2n) is 5.37. The number of pyridine rings is 1. The summed E-state index contributed by atoms with van der Waals surface area (Å²) >= 11 is 0. The molecule has 0 bridgehead atoms. The molecule has 2 aromatic rings. The summed E-state index contributed by atoms with van der Waals surface area (Å²) in [7, 11) is 0. The number of nitrogens with one attached hydrogen (secondary N) is 1. The van der Waals surface area contributed by atoms with Crippen LogP contribution in [0.15, 0.2) is 29.5 Å². The number of aliphatic imine (C=N–C) groups is 1. The van der Waals surface area contributed by atoms with E-state index in [1.807, 2.05) is 0 Å². The van der Waals surface area contributed by atoms with E-state index in [1.54, 1.807) is 10.9 Å². The molecule has 0 radical (unpaired) electrons. The number of aromatic nitrogens is 3. The highest BCUT2D eigenvalue weighted by Crippen LogP contribution is 2.39. The lowest BCUT2D eigenvalue weighted by Crippen LogP contribution is -2.35. The summed E-state index contributed by atoms with van der Waals surface area (Å²) in [6.07, 6.45) is 3.60. The van der Waals surface area contributed by atoms with Gasteiger partial charge in [0.2, 0.25) is 11.6 Å². The third-order valence-electron chi connectivity index (χ3n) is 3.87. The Balaban J connectivity index is 1.66. The number of fused-ring (bicyclic) bond motifs is 1. The van der Waals surface area contributed by atoms with Crippen LogP contribution >= 0.6 is 0 Å².